The topological polar surface area (TPSA) is 158 Å². The number of morpholine rings is 1. The lowest BCUT2D eigenvalue weighted by molar-refractivity contribution is 0.122. The summed E-state index contributed by atoms with van der Waals surface area (Å²) < 4.78 is 49.0. The molecule has 0 aliphatic carbocycles. The number of para-hydroxylation sites is 5. The molecule has 505 valence electrons. The van der Waals surface area contributed by atoms with Crippen LogP contribution in [0.2, 0.25) is 0 Å². The predicted octanol–water partition coefficient (Wildman–Crippen LogP) is 20.3. The third-order valence-electron chi connectivity index (χ3n) is 21.0. The molecule has 0 bridgehead atoms. The molecule has 2 unspecified atom stereocenters. The number of oxazole rings is 5. The summed E-state index contributed by atoms with van der Waals surface area (Å²) in [6.45, 7) is 18.8. The van der Waals surface area contributed by atoms with Gasteiger partial charge in [0.2, 0.25) is 23.6 Å². The molecule has 9 aromatic carbocycles. The number of rotatable bonds is 21. The summed E-state index contributed by atoms with van der Waals surface area (Å²) in [6, 6.07) is 68.7. The van der Waals surface area contributed by atoms with E-state index in [1.165, 1.54) is 16.8 Å². The number of likely N-dealkylation sites (N-methyl/N-ethyl adjacent to an activating group) is 1. The average molecular weight is 1350 g/mol. The molecule has 2 aliphatic rings. The highest BCUT2D eigenvalue weighted by molar-refractivity contribution is 7.13. The van der Waals surface area contributed by atoms with E-state index in [9.17, 15) is 0 Å². The Morgan fingerprint density at radius 2 is 1.20 bits per heavy atom. The van der Waals surface area contributed by atoms with Gasteiger partial charge in [-0.3, -0.25) is 0 Å². The summed E-state index contributed by atoms with van der Waals surface area (Å²) in [4.78, 5) is 35.9. The second-order valence-electron chi connectivity index (χ2n) is 27.1. The monoisotopic (exact) mass is 1350 g/mol. The van der Waals surface area contributed by atoms with Crippen LogP contribution in [0.4, 0.5) is 17.1 Å². The minimum atomic E-state index is -1.47. The summed E-state index contributed by atoms with van der Waals surface area (Å²) in [7, 11) is 0. The van der Waals surface area contributed by atoms with Crippen LogP contribution in [0, 0.1) is 13.2 Å². The molecular formula is C85H77N8O7S. The molecule has 2 aliphatic heterocycles. The van der Waals surface area contributed by atoms with Gasteiger partial charge in [0.05, 0.1) is 29.9 Å². The van der Waals surface area contributed by atoms with Gasteiger partial charge in [0.15, 0.2) is 27.9 Å². The van der Waals surface area contributed by atoms with Crippen LogP contribution in [0.3, 0.4) is 0 Å². The molecule has 1 saturated heterocycles. The van der Waals surface area contributed by atoms with Crippen LogP contribution < -0.4 is 19.4 Å². The Hall–Kier alpha value is -10.8. The van der Waals surface area contributed by atoms with E-state index in [1.807, 2.05) is 60.7 Å². The maximum Gasteiger partial charge on any atom is 0.331 e. The average Bonchev–Trinajstić information content (AvgIpc) is 1.57. The fourth-order valence-corrected chi connectivity index (χ4v) is 16.2. The smallest absolute Gasteiger partial charge is 0.331 e. The Kier molecular flexibility index (Phi) is 16.4. The standard InChI is InChI=1S/C85H77N8O7S/c1-8-58-61(72-38-23-49-101-72)41-43-69-75(58)88-80(97-69)81-93(77-62(32-22-37-71(77)98-81)78-86-63-33-17-18-34-66(63)95-78)85(7,84(5,6)82-89-73-55(29-20-35-67(73)99-82)39-40-60(53-25-13-11-14-26-53)54-27-15-12-16-28-54)83-90-74-56(30-21-36-68(74)100-83)51-65(92(10-3)57-31-19-24-52(4)50-57)79-87-76-59(9-2)64(42-44-70(76)96-79)91-45-47-94-48-46-91/h11-38,41-44,49-50,60,65H,8-10,39-40,45-48,51H2,1-7H3. The molecule has 1 fully saturated rings. The molecule has 15 aromatic rings. The van der Waals surface area contributed by atoms with Crippen LogP contribution in [0.15, 0.2) is 228 Å². The van der Waals surface area contributed by atoms with E-state index in [4.69, 9.17) is 56.5 Å². The third kappa shape index (κ3) is 11.1. The zero-order valence-corrected chi connectivity index (χ0v) is 58.5. The number of nitrogens with zero attached hydrogens (tertiary/aromatic N) is 8. The van der Waals surface area contributed by atoms with Gasteiger partial charge in [-0.25, -0.2) is 24.9 Å². The van der Waals surface area contributed by atoms with E-state index in [-0.39, 0.29) is 11.8 Å². The Morgan fingerprint density at radius 3 is 1.93 bits per heavy atom. The van der Waals surface area contributed by atoms with Gasteiger partial charge < -0.3 is 46.3 Å². The van der Waals surface area contributed by atoms with Crippen LogP contribution in [0.5, 0.6) is 5.75 Å². The second kappa shape index (κ2) is 26.0. The second-order valence-corrected chi connectivity index (χ2v) is 28.1. The number of aromatic nitrogens is 5. The van der Waals surface area contributed by atoms with Crippen LogP contribution in [-0.4, -0.2) is 57.8 Å². The fraction of sp³-hybridized carbons (Fsp3) is 0.247. The molecule has 6 aromatic heterocycles. The quantitative estimate of drug-likeness (QED) is 0.0668. The van der Waals surface area contributed by atoms with Gasteiger partial charge in [-0.1, -0.05) is 135 Å². The maximum absolute atomic E-state index is 7.56. The van der Waals surface area contributed by atoms with Crippen LogP contribution in [-0.2, 0) is 41.4 Å². The highest BCUT2D eigenvalue weighted by atomic mass is 32.1. The zero-order chi connectivity index (χ0) is 68.5. The normalized spacial score (nSPS) is 14.7. The molecule has 0 saturated carbocycles. The summed E-state index contributed by atoms with van der Waals surface area (Å²) in [5.41, 5.74) is 16.9. The first kappa shape index (κ1) is 63.6. The predicted molar refractivity (Wildman–Crippen MR) is 400 cm³/mol. The van der Waals surface area contributed by atoms with Crippen LogP contribution >= 0.6 is 11.3 Å². The number of aryl methyl sites for hydroxylation is 4. The summed E-state index contributed by atoms with van der Waals surface area (Å²) in [6.07, 6.45) is 3.81. The van der Waals surface area contributed by atoms with Crippen molar-refractivity contribution in [2.75, 3.05) is 47.5 Å². The SMILES string of the molecule is CCc1c(-c2cccs2)ccc2oc([C]3Oc4cccc(-c5nc6ccccc6o5)c4N3C(C)(c3nc4c(CC(c5nc6c(CC)c(N7CCOCC7)ccc6o5)N(CC)c5cccc(C)c5)cccc4o3)C(C)(C)c3nc4c(CCC(c5ccccc5)c5ccccc5)cccc4o3)nc12. The summed E-state index contributed by atoms with van der Waals surface area (Å²) in [5.74, 6) is 2.71. The molecule has 2 atom stereocenters. The molecule has 1 radical (unpaired) electrons. The zero-order valence-electron chi connectivity index (χ0n) is 57.7. The fourth-order valence-electron chi connectivity index (χ4n) is 15.4. The number of ether oxygens (including phenoxy) is 2. The van der Waals surface area contributed by atoms with Gasteiger partial charge in [0, 0.05) is 53.8 Å². The third-order valence-corrected chi connectivity index (χ3v) is 21.9. The molecule has 0 amide bonds. The van der Waals surface area contributed by atoms with Gasteiger partial charge >= 0.3 is 6.23 Å². The van der Waals surface area contributed by atoms with Crippen molar-refractivity contribution < 1.29 is 31.6 Å². The van der Waals surface area contributed by atoms with E-state index in [0.29, 0.717) is 113 Å². The highest BCUT2D eigenvalue weighted by Crippen LogP contribution is 2.59. The largest absolute Gasteiger partial charge is 0.450 e. The minimum Gasteiger partial charge on any atom is -0.450 e. The van der Waals surface area contributed by atoms with E-state index < -0.39 is 17.0 Å². The lowest BCUT2D eigenvalue weighted by Gasteiger charge is -2.47. The molecule has 15 nitrogen and oxygen atoms in total. The van der Waals surface area contributed by atoms with Gasteiger partial charge in [-0.2, -0.15) is 0 Å². The van der Waals surface area contributed by atoms with Crippen LogP contribution in [0.25, 0.3) is 77.4 Å². The van der Waals surface area contributed by atoms with Gasteiger partial charge in [-0.15, -0.1) is 11.3 Å². The molecule has 16 heteroatoms. The maximum atomic E-state index is 7.56. The van der Waals surface area contributed by atoms with E-state index >= 15 is 0 Å². The molecule has 101 heavy (non-hydrogen) atoms. The number of thiophene rings is 1. The van der Waals surface area contributed by atoms with Gasteiger partial charge in [0.25, 0.3) is 5.89 Å². The molecule has 0 N–H and O–H groups in total. The molecular weight excluding hydrogens is 1280 g/mol. The van der Waals surface area contributed by atoms with Crippen molar-refractivity contribution in [3.05, 3.63) is 274 Å². The van der Waals surface area contributed by atoms with E-state index in [0.717, 1.165) is 98.4 Å². The van der Waals surface area contributed by atoms with Gasteiger partial charge in [0.1, 0.15) is 44.9 Å². The van der Waals surface area contributed by atoms with Crippen molar-refractivity contribution >= 4 is 83.9 Å². The Labute approximate surface area is 590 Å². The Morgan fingerprint density at radius 1 is 0.545 bits per heavy atom. The summed E-state index contributed by atoms with van der Waals surface area (Å²) >= 11 is 1.70. The number of hydrogen-bond donors (Lipinski definition) is 0. The van der Waals surface area contributed by atoms with Crippen molar-refractivity contribution in [2.24, 2.45) is 0 Å². The lowest BCUT2D eigenvalue weighted by Crippen LogP contribution is -2.57. The first-order chi connectivity index (χ1) is 49.5. The van der Waals surface area contributed by atoms with Crippen molar-refractivity contribution in [1.82, 2.24) is 24.9 Å². The van der Waals surface area contributed by atoms with E-state index in [2.05, 4.69) is 208 Å². The van der Waals surface area contributed by atoms with Crippen molar-refractivity contribution in [1.29, 1.82) is 0 Å². The Balaban J connectivity index is 0.863. The molecule has 17 rings (SSSR count). The van der Waals surface area contributed by atoms with E-state index in [1.54, 1.807) is 11.3 Å². The highest BCUT2D eigenvalue weighted by Gasteiger charge is 2.61. The first-order valence-corrected chi connectivity index (χ1v) is 36.1. The number of benzene rings is 9. The minimum absolute atomic E-state index is 0.144. The summed E-state index contributed by atoms with van der Waals surface area (Å²) in [5, 5.41) is 2.10. The number of fused-ring (bicyclic) bond motifs is 6. The van der Waals surface area contributed by atoms with Crippen LogP contribution in [0.1, 0.15) is 122 Å². The number of hydrogen-bond acceptors (Lipinski definition) is 16. The molecule has 8 heterocycles. The van der Waals surface area contributed by atoms with Crippen molar-refractivity contribution in [3.63, 3.8) is 0 Å². The Bertz CT molecular complexity index is 5440. The van der Waals surface area contributed by atoms with Crippen molar-refractivity contribution in [2.45, 2.75) is 103 Å². The first-order valence-electron chi connectivity index (χ1n) is 35.2. The molecule has 0 spiro atoms. The van der Waals surface area contributed by atoms with Gasteiger partial charge in [-0.05, 0) is 183 Å². The van der Waals surface area contributed by atoms with Crippen molar-refractivity contribution in [3.8, 4) is 27.6 Å². The lowest BCUT2D eigenvalue weighted by atomic mass is 9.71. The number of anilines is 3.